The maximum Gasteiger partial charge on any atom is 0.349 e. The summed E-state index contributed by atoms with van der Waals surface area (Å²) in [6.07, 6.45) is 0. The highest BCUT2D eigenvalue weighted by Crippen LogP contribution is 2.30. The summed E-state index contributed by atoms with van der Waals surface area (Å²) in [5.74, 6) is -2.41. The van der Waals surface area contributed by atoms with Gasteiger partial charge in [-0.3, -0.25) is 5.41 Å². The fourth-order valence-corrected chi connectivity index (χ4v) is 3.49. The summed E-state index contributed by atoms with van der Waals surface area (Å²) in [4.78, 5) is 26.8. The predicted octanol–water partition coefficient (Wildman–Crippen LogP) is 3.99. The molecule has 0 aromatic heterocycles. The van der Waals surface area contributed by atoms with Gasteiger partial charge in [0.25, 0.3) is 5.54 Å². The summed E-state index contributed by atoms with van der Waals surface area (Å²) in [5, 5.41) is 14.3. The van der Waals surface area contributed by atoms with E-state index in [0.717, 1.165) is 11.1 Å². The highest BCUT2D eigenvalue weighted by Gasteiger charge is 2.53. The van der Waals surface area contributed by atoms with Crippen LogP contribution in [0.15, 0.2) is 48.5 Å². The number of carbonyl (C=O) groups is 2. The quantitative estimate of drug-likeness (QED) is 0.186. The maximum atomic E-state index is 13.4. The molecule has 2 rings (SSSR count). The van der Waals surface area contributed by atoms with Gasteiger partial charge in [-0.1, -0.05) is 48.0 Å². The maximum absolute atomic E-state index is 13.4. The Hall–Kier alpha value is -3.10. The lowest BCUT2D eigenvalue weighted by Crippen LogP contribution is -2.61. The van der Waals surface area contributed by atoms with Crippen LogP contribution in [0, 0.1) is 5.41 Å². The summed E-state index contributed by atoms with van der Waals surface area (Å²) >= 11 is 6.03. The van der Waals surface area contributed by atoms with Crippen molar-refractivity contribution in [2.24, 2.45) is 5.73 Å². The topological polar surface area (TPSA) is 127 Å². The molecule has 2 aromatic rings. The fraction of sp³-hybridized carbons (Fsp3) is 0.423. The van der Waals surface area contributed by atoms with E-state index in [-0.39, 0.29) is 5.56 Å². The van der Waals surface area contributed by atoms with Crippen LogP contribution in [0.3, 0.4) is 0 Å². The number of rotatable bonds is 8. The molecule has 0 aliphatic heterocycles. The number of ether oxygens (including phenoxy) is 2. The van der Waals surface area contributed by atoms with Gasteiger partial charge in [0, 0.05) is 23.7 Å². The monoisotopic (exact) mass is 502 g/mol. The Kier molecular flexibility index (Phi) is 8.92. The van der Waals surface area contributed by atoms with Gasteiger partial charge in [0.2, 0.25) is 0 Å². The van der Waals surface area contributed by atoms with Gasteiger partial charge in [0.05, 0.1) is 0 Å². The second-order valence-electron chi connectivity index (χ2n) is 10.2. The second-order valence-corrected chi connectivity index (χ2v) is 10.7. The van der Waals surface area contributed by atoms with E-state index in [1.54, 1.807) is 65.8 Å². The first-order chi connectivity index (χ1) is 16.1. The lowest BCUT2D eigenvalue weighted by molar-refractivity contribution is -0.179. The number of hydrogen-bond donors (Lipinski definition) is 4. The van der Waals surface area contributed by atoms with Crippen molar-refractivity contribution in [1.29, 1.82) is 5.41 Å². The van der Waals surface area contributed by atoms with Crippen molar-refractivity contribution in [3.8, 4) is 0 Å². The third-order valence-electron chi connectivity index (χ3n) is 4.67. The van der Waals surface area contributed by atoms with Gasteiger partial charge in [0.15, 0.2) is 5.96 Å². The van der Waals surface area contributed by atoms with E-state index in [4.69, 9.17) is 32.2 Å². The fourth-order valence-electron chi connectivity index (χ4n) is 3.28. The van der Waals surface area contributed by atoms with Gasteiger partial charge in [-0.25, -0.2) is 9.59 Å². The molecule has 0 saturated heterocycles. The number of carbonyl (C=O) groups excluding carboxylic acids is 2. The van der Waals surface area contributed by atoms with E-state index in [1.165, 1.54) is 0 Å². The molecule has 2 aromatic carbocycles. The Morgan fingerprint density at radius 3 is 1.86 bits per heavy atom. The van der Waals surface area contributed by atoms with E-state index >= 15 is 0 Å². The number of nitrogens with one attached hydrogen (secondary N) is 3. The van der Waals surface area contributed by atoms with Crippen LogP contribution in [0.2, 0.25) is 5.02 Å². The summed E-state index contributed by atoms with van der Waals surface area (Å²) in [6, 6.07) is 14.4. The molecule has 8 nitrogen and oxygen atoms in total. The van der Waals surface area contributed by atoms with Crippen LogP contribution in [-0.4, -0.2) is 29.1 Å². The molecule has 0 radical (unpaired) electrons. The molecule has 35 heavy (non-hydrogen) atoms. The Labute approximate surface area is 212 Å². The van der Waals surface area contributed by atoms with E-state index < -0.39 is 34.6 Å². The van der Waals surface area contributed by atoms with Gasteiger partial charge in [-0.15, -0.1) is 0 Å². The van der Waals surface area contributed by atoms with Crippen LogP contribution in [-0.2, 0) is 37.7 Å². The van der Waals surface area contributed by atoms with E-state index in [9.17, 15) is 9.59 Å². The Morgan fingerprint density at radius 2 is 1.40 bits per heavy atom. The average Bonchev–Trinajstić information content (AvgIpc) is 2.70. The van der Waals surface area contributed by atoms with Crippen LogP contribution < -0.4 is 16.4 Å². The SMILES string of the molecule is CC(C)(C)OC(=O)C(NC(=N)N)(C(=O)OC(C)(C)C)c1ccc(CNCc2cccc(Cl)c2)cc1. The standard InChI is InChI=1S/C26H35ClN4O4/c1-24(2,3)34-21(32)26(31-23(28)29,22(33)35-25(4,5)6)19-12-10-17(11-13-19)15-30-16-18-8-7-9-20(27)14-18/h7-14,30H,15-16H2,1-6H3,(H4,28,29,31). The summed E-state index contributed by atoms with van der Waals surface area (Å²) in [5.41, 5.74) is 3.88. The molecule has 0 aliphatic carbocycles. The molecule has 0 amide bonds. The lowest BCUT2D eigenvalue weighted by Gasteiger charge is -2.35. The lowest BCUT2D eigenvalue weighted by atomic mass is 9.88. The minimum Gasteiger partial charge on any atom is -0.458 e. The normalized spacial score (nSPS) is 12.1. The van der Waals surface area contributed by atoms with Gasteiger partial charge in [0.1, 0.15) is 11.2 Å². The van der Waals surface area contributed by atoms with Crippen molar-refractivity contribution in [2.45, 2.75) is 71.4 Å². The molecule has 0 unspecified atom stereocenters. The Bertz CT molecular complexity index is 1030. The Morgan fingerprint density at radius 1 is 0.886 bits per heavy atom. The minimum absolute atomic E-state index is 0.245. The molecule has 9 heteroatoms. The van der Waals surface area contributed by atoms with Crippen LogP contribution in [0.4, 0.5) is 0 Å². The van der Waals surface area contributed by atoms with Crippen molar-refractivity contribution in [3.05, 3.63) is 70.2 Å². The molecule has 0 heterocycles. The van der Waals surface area contributed by atoms with Crippen LogP contribution >= 0.6 is 11.6 Å². The number of hydrogen-bond acceptors (Lipinski definition) is 6. The Balaban J connectivity index is 2.37. The summed E-state index contributed by atoms with van der Waals surface area (Å²) in [7, 11) is 0. The number of esters is 2. The zero-order valence-electron chi connectivity index (χ0n) is 21.1. The smallest absolute Gasteiger partial charge is 0.349 e. The van der Waals surface area contributed by atoms with E-state index in [2.05, 4.69) is 10.6 Å². The summed E-state index contributed by atoms with van der Waals surface area (Å²) < 4.78 is 11.1. The predicted molar refractivity (Wildman–Crippen MR) is 137 cm³/mol. The van der Waals surface area contributed by atoms with Crippen LogP contribution in [0.1, 0.15) is 58.2 Å². The van der Waals surface area contributed by atoms with Gasteiger partial charge in [-0.05, 0) is 64.8 Å². The molecule has 0 saturated carbocycles. The van der Waals surface area contributed by atoms with Crippen LogP contribution in [0.25, 0.3) is 0 Å². The second kappa shape index (κ2) is 11.1. The molecule has 5 N–H and O–H groups in total. The summed E-state index contributed by atoms with van der Waals surface area (Å²) in [6.45, 7) is 11.3. The molecular weight excluding hydrogens is 468 g/mol. The molecule has 0 aliphatic rings. The molecule has 190 valence electrons. The number of benzene rings is 2. The van der Waals surface area contributed by atoms with Crippen LogP contribution in [0.5, 0.6) is 0 Å². The first-order valence-electron chi connectivity index (χ1n) is 11.3. The zero-order chi connectivity index (χ0) is 26.4. The number of halogens is 1. The van der Waals surface area contributed by atoms with Crippen molar-refractivity contribution >= 4 is 29.5 Å². The highest BCUT2D eigenvalue weighted by molar-refractivity contribution is 6.30. The molecule has 0 atom stereocenters. The van der Waals surface area contributed by atoms with Crippen molar-refractivity contribution < 1.29 is 19.1 Å². The zero-order valence-corrected chi connectivity index (χ0v) is 21.9. The first-order valence-corrected chi connectivity index (χ1v) is 11.6. The van der Waals surface area contributed by atoms with Crippen molar-refractivity contribution in [3.63, 3.8) is 0 Å². The minimum atomic E-state index is -2.15. The number of guanidine groups is 1. The average molecular weight is 503 g/mol. The molecule has 0 spiro atoms. The van der Waals surface area contributed by atoms with Gasteiger partial charge < -0.3 is 25.8 Å². The van der Waals surface area contributed by atoms with E-state index in [1.807, 2.05) is 24.3 Å². The first kappa shape index (κ1) is 28.1. The van der Waals surface area contributed by atoms with Crippen molar-refractivity contribution in [2.75, 3.05) is 0 Å². The number of nitrogens with two attached hydrogens (primary N) is 1. The van der Waals surface area contributed by atoms with Gasteiger partial charge in [-0.2, -0.15) is 0 Å². The molecular formula is C26H35ClN4O4. The van der Waals surface area contributed by atoms with Crippen molar-refractivity contribution in [1.82, 2.24) is 10.6 Å². The molecule has 0 fully saturated rings. The third kappa shape index (κ3) is 8.26. The van der Waals surface area contributed by atoms with Gasteiger partial charge >= 0.3 is 11.9 Å². The highest BCUT2D eigenvalue weighted by atomic mass is 35.5. The largest absolute Gasteiger partial charge is 0.458 e. The third-order valence-corrected chi connectivity index (χ3v) is 4.90. The van der Waals surface area contributed by atoms with E-state index in [0.29, 0.717) is 18.1 Å². The molecule has 0 bridgehead atoms.